The first kappa shape index (κ1) is 18.2. The average Bonchev–Trinajstić information content (AvgIpc) is 2.47. The third-order valence-corrected chi connectivity index (χ3v) is 2.98. The summed E-state index contributed by atoms with van der Waals surface area (Å²) in [5.41, 5.74) is 0. The van der Waals surface area contributed by atoms with Gasteiger partial charge in [0, 0.05) is 0 Å². The van der Waals surface area contributed by atoms with Crippen LogP contribution >= 0.6 is 0 Å². The fraction of sp³-hybridized carbons (Fsp3) is 0.800. The van der Waals surface area contributed by atoms with Gasteiger partial charge >= 0.3 is 6.16 Å². The Morgan fingerprint density at radius 1 is 0.950 bits per heavy atom. The molecular formula is C15H24N2O3. The Kier molecular flexibility index (Phi) is 11.2. The van der Waals surface area contributed by atoms with Crippen LogP contribution in [0.5, 0.6) is 0 Å². The fourth-order valence-corrected chi connectivity index (χ4v) is 1.65. The zero-order valence-corrected chi connectivity index (χ0v) is 12.4. The normalized spacial score (nSPS) is 12.8. The van der Waals surface area contributed by atoms with E-state index >= 15 is 0 Å². The lowest BCUT2D eigenvalue weighted by molar-refractivity contribution is 0.0417. The van der Waals surface area contributed by atoms with Gasteiger partial charge in [0.2, 0.25) is 0 Å². The molecule has 20 heavy (non-hydrogen) atoms. The number of nitrogens with zero attached hydrogens (tertiary/aromatic N) is 2. The topological polar surface area (TPSA) is 83.1 Å². The van der Waals surface area contributed by atoms with Crippen molar-refractivity contribution < 1.29 is 14.3 Å². The molecule has 0 saturated heterocycles. The van der Waals surface area contributed by atoms with Crippen molar-refractivity contribution in [3.05, 3.63) is 0 Å². The maximum atomic E-state index is 11.4. The summed E-state index contributed by atoms with van der Waals surface area (Å²) in [6.45, 7) is 4.20. The summed E-state index contributed by atoms with van der Waals surface area (Å²) in [5, 5.41) is 17.8. The van der Waals surface area contributed by atoms with Crippen LogP contribution in [-0.4, -0.2) is 19.4 Å². The van der Waals surface area contributed by atoms with Gasteiger partial charge in [-0.05, 0) is 12.8 Å². The van der Waals surface area contributed by atoms with Crippen molar-refractivity contribution in [2.75, 3.05) is 13.2 Å². The van der Waals surface area contributed by atoms with E-state index in [9.17, 15) is 4.79 Å². The Labute approximate surface area is 121 Å². The molecule has 5 nitrogen and oxygen atoms in total. The molecule has 0 radical (unpaired) electrons. The molecule has 0 aromatic heterocycles. The molecular weight excluding hydrogens is 256 g/mol. The minimum Gasteiger partial charge on any atom is -0.433 e. The first-order chi connectivity index (χ1) is 9.67. The van der Waals surface area contributed by atoms with Crippen LogP contribution in [-0.2, 0) is 9.47 Å². The maximum Gasteiger partial charge on any atom is 0.508 e. The minimum atomic E-state index is -0.793. The average molecular weight is 280 g/mol. The molecule has 0 N–H and O–H groups in total. The quantitative estimate of drug-likeness (QED) is 0.568. The molecule has 5 heteroatoms. The fourth-order valence-electron chi connectivity index (χ4n) is 1.65. The number of carbonyl (C=O) groups is 1. The number of hydrogen-bond donors (Lipinski definition) is 0. The Bertz CT molecular complexity index is 312. The van der Waals surface area contributed by atoms with E-state index in [0.29, 0.717) is 0 Å². The standard InChI is InChI=1S/C15H24N2O3/c1-3-5-7-13(9-16)11-19-15(18)20-12-14(10-17)8-6-4-2/h13-14H,3-8,11-12H2,1-2H3. The highest BCUT2D eigenvalue weighted by molar-refractivity contribution is 5.59. The van der Waals surface area contributed by atoms with Crippen LogP contribution in [0.1, 0.15) is 52.4 Å². The van der Waals surface area contributed by atoms with E-state index in [4.69, 9.17) is 20.0 Å². The molecule has 112 valence electrons. The molecule has 0 spiro atoms. The number of carbonyl (C=O) groups excluding carboxylic acids is 1. The van der Waals surface area contributed by atoms with Crippen LogP contribution in [0.2, 0.25) is 0 Å². The summed E-state index contributed by atoms with van der Waals surface area (Å²) in [4.78, 5) is 11.4. The van der Waals surface area contributed by atoms with E-state index in [1.165, 1.54) is 0 Å². The molecule has 0 aromatic carbocycles. The van der Waals surface area contributed by atoms with Crippen LogP contribution in [0.15, 0.2) is 0 Å². The Balaban J connectivity index is 3.87. The second kappa shape index (κ2) is 12.3. The molecule has 0 bridgehead atoms. The van der Waals surface area contributed by atoms with Gasteiger partial charge in [0.15, 0.2) is 0 Å². The second-order valence-corrected chi connectivity index (χ2v) is 4.81. The molecule has 0 aliphatic heterocycles. The third-order valence-electron chi connectivity index (χ3n) is 2.98. The largest absolute Gasteiger partial charge is 0.508 e. The second-order valence-electron chi connectivity index (χ2n) is 4.81. The number of hydrogen-bond acceptors (Lipinski definition) is 5. The predicted molar refractivity (Wildman–Crippen MR) is 74.6 cm³/mol. The molecule has 2 atom stereocenters. The van der Waals surface area contributed by atoms with Crippen molar-refractivity contribution in [1.29, 1.82) is 10.5 Å². The molecule has 0 fully saturated rings. The van der Waals surface area contributed by atoms with Gasteiger partial charge in [0.05, 0.1) is 24.0 Å². The first-order valence-electron chi connectivity index (χ1n) is 7.26. The first-order valence-corrected chi connectivity index (χ1v) is 7.26. The summed E-state index contributed by atoms with van der Waals surface area (Å²) in [7, 11) is 0. The van der Waals surface area contributed by atoms with E-state index in [2.05, 4.69) is 12.1 Å². The zero-order valence-electron chi connectivity index (χ0n) is 12.4. The lowest BCUT2D eigenvalue weighted by atomic mass is 10.1. The van der Waals surface area contributed by atoms with Crippen LogP contribution in [0.4, 0.5) is 4.79 Å². The van der Waals surface area contributed by atoms with Gasteiger partial charge in [-0.25, -0.2) is 4.79 Å². The summed E-state index contributed by atoms with van der Waals surface area (Å²) in [5.74, 6) is -0.566. The van der Waals surface area contributed by atoms with Crippen molar-refractivity contribution in [3.8, 4) is 12.1 Å². The molecule has 2 unspecified atom stereocenters. The van der Waals surface area contributed by atoms with E-state index in [1.54, 1.807) is 0 Å². The minimum absolute atomic E-state index is 0.0571. The SMILES string of the molecule is CCCCC(C#N)COC(=O)OCC(C#N)CCCC. The van der Waals surface area contributed by atoms with E-state index in [-0.39, 0.29) is 25.0 Å². The Morgan fingerprint density at radius 2 is 1.35 bits per heavy atom. The van der Waals surface area contributed by atoms with E-state index in [0.717, 1.165) is 38.5 Å². The zero-order chi connectivity index (χ0) is 15.2. The smallest absolute Gasteiger partial charge is 0.433 e. The van der Waals surface area contributed by atoms with Crippen LogP contribution < -0.4 is 0 Å². The number of ether oxygens (including phenoxy) is 2. The van der Waals surface area contributed by atoms with Gasteiger partial charge in [0.25, 0.3) is 0 Å². The summed E-state index contributed by atoms with van der Waals surface area (Å²) < 4.78 is 9.80. The van der Waals surface area contributed by atoms with Gasteiger partial charge < -0.3 is 9.47 Å². The monoisotopic (exact) mass is 280 g/mol. The van der Waals surface area contributed by atoms with Gasteiger partial charge in [-0.2, -0.15) is 10.5 Å². The molecule has 0 saturated carbocycles. The van der Waals surface area contributed by atoms with Crippen molar-refractivity contribution >= 4 is 6.16 Å². The molecule has 0 amide bonds. The predicted octanol–water partition coefficient (Wildman–Crippen LogP) is 3.80. The highest BCUT2D eigenvalue weighted by Crippen LogP contribution is 2.10. The summed E-state index contributed by atoms with van der Waals surface area (Å²) in [6.07, 6.45) is 4.52. The lowest BCUT2D eigenvalue weighted by Crippen LogP contribution is -2.17. The van der Waals surface area contributed by atoms with Gasteiger partial charge in [-0.3, -0.25) is 0 Å². The summed E-state index contributed by atoms with van der Waals surface area (Å²) >= 11 is 0. The van der Waals surface area contributed by atoms with Crippen molar-refractivity contribution in [1.82, 2.24) is 0 Å². The maximum absolute atomic E-state index is 11.4. The number of nitriles is 2. The summed E-state index contributed by atoms with van der Waals surface area (Å²) in [6, 6.07) is 4.22. The van der Waals surface area contributed by atoms with Crippen LogP contribution in [0.25, 0.3) is 0 Å². The molecule has 0 aromatic rings. The Hall–Kier alpha value is -1.75. The number of rotatable bonds is 10. The molecule has 0 heterocycles. The Morgan fingerprint density at radius 3 is 1.65 bits per heavy atom. The van der Waals surface area contributed by atoms with Gasteiger partial charge in [0.1, 0.15) is 13.2 Å². The lowest BCUT2D eigenvalue weighted by Gasteiger charge is -2.11. The van der Waals surface area contributed by atoms with E-state index < -0.39 is 6.16 Å². The molecule has 0 aliphatic rings. The van der Waals surface area contributed by atoms with Crippen molar-refractivity contribution in [3.63, 3.8) is 0 Å². The number of unbranched alkanes of at least 4 members (excludes halogenated alkanes) is 2. The highest BCUT2D eigenvalue weighted by atomic mass is 16.7. The third kappa shape index (κ3) is 9.22. The molecule has 0 aliphatic carbocycles. The highest BCUT2D eigenvalue weighted by Gasteiger charge is 2.14. The van der Waals surface area contributed by atoms with Crippen molar-refractivity contribution in [2.24, 2.45) is 11.8 Å². The van der Waals surface area contributed by atoms with Crippen LogP contribution in [0.3, 0.4) is 0 Å². The van der Waals surface area contributed by atoms with Gasteiger partial charge in [-0.1, -0.05) is 39.5 Å². The van der Waals surface area contributed by atoms with E-state index in [1.807, 2.05) is 13.8 Å². The van der Waals surface area contributed by atoms with Gasteiger partial charge in [-0.15, -0.1) is 0 Å². The van der Waals surface area contributed by atoms with Crippen molar-refractivity contribution in [2.45, 2.75) is 52.4 Å². The van der Waals surface area contributed by atoms with Crippen LogP contribution in [0, 0.1) is 34.5 Å². The molecule has 0 rings (SSSR count).